The maximum Gasteiger partial charge on any atom is 0.222 e. The maximum atomic E-state index is 13.1. The summed E-state index contributed by atoms with van der Waals surface area (Å²) in [7, 11) is 0. The highest BCUT2D eigenvalue weighted by atomic mass is 16.5. The van der Waals surface area contributed by atoms with Crippen molar-refractivity contribution in [3.05, 3.63) is 53.4 Å². The lowest BCUT2D eigenvalue weighted by molar-refractivity contribution is -0.134. The van der Waals surface area contributed by atoms with Crippen molar-refractivity contribution in [3.63, 3.8) is 0 Å². The largest absolute Gasteiger partial charge is 0.361 e. The molecule has 0 bridgehead atoms. The van der Waals surface area contributed by atoms with Crippen molar-refractivity contribution in [2.45, 2.75) is 64.7 Å². The summed E-state index contributed by atoms with van der Waals surface area (Å²) in [6, 6.07) is 12.9. The second kappa shape index (κ2) is 11.6. The molecule has 2 aliphatic heterocycles. The second-order valence-electron chi connectivity index (χ2n) is 9.82. The third-order valence-electron chi connectivity index (χ3n) is 7.39. The average molecular weight is 438 g/mol. The van der Waals surface area contributed by atoms with Gasteiger partial charge in [-0.3, -0.25) is 4.79 Å². The Bertz CT molecular complexity index is 826. The van der Waals surface area contributed by atoms with Crippen molar-refractivity contribution in [1.29, 1.82) is 0 Å². The normalized spacial score (nSPS) is 22.2. The van der Waals surface area contributed by atoms with E-state index in [0.29, 0.717) is 30.1 Å². The molecule has 2 aromatic rings. The molecule has 5 nitrogen and oxygen atoms in total. The van der Waals surface area contributed by atoms with Crippen molar-refractivity contribution in [1.82, 2.24) is 15.4 Å². The van der Waals surface area contributed by atoms with Gasteiger partial charge in [0.1, 0.15) is 5.76 Å². The zero-order valence-electron chi connectivity index (χ0n) is 19.6. The van der Waals surface area contributed by atoms with Crippen LogP contribution in [0.5, 0.6) is 0 Å². The number of hydrogen-bond acceptors (Lipinski definition) is 4. The van der Waals surface area contributed by atoms with Gasteiger partial charge in [-0.25, -0.2) is 0 Å². The number of carbonyl (C=O) groups is 1. The summed E-state index contributed by atoms with van der Waals surface area (Å²) in [5.41, 5.74) is 2.46. The number of aromatic nitrogens is 1. The van der Waals surface area contributed by atoms with Crippen LogP contribution in [0.2, 0.25) is 0 Å². The molecule has 0 aliphatic carbocycles. The zero-order chi connectivity index (χ0) is 22.2. The molecular formula is C27H39N3O2. The Morgan fingerprint density at radius 2 is 1.94 bits per heavy atom. The number of carbonyl (C=O) groups excluding carboxylic acids is 1. The highest BCUT2D eigenvalue weighted by molar-refractivity contribution is 5.76. The van der Waals surface area contributed by atoms with E-state index in [1.54, 1.807) is 0 Å². The zero-order valence-corrected chi connectivity index (χ0v) is 19.6. The number of unbranched alkanes of at least 4 members (excludes halogenated alkanes) is 1. The molecule has 2 fully saturated rings. The lowest BCUT2D eigenvalue weighted by Gasteiger charge is -2.36. The fourth-order valence-electron chi connectivity index (χ4n) is 5.36. The molecule has 1 aromatic carbocycles. The van der Waals surface area contributed by atoms with Gasteiger partial charge in [0.25, 0.3) is 0 Å². The topological polar surface area (TPSA) is 58.4 Å². The average Bonchev–Trinajstić information content (AvgIpc) is 3.27. The molecule has 0 radical (unpaired) electrons. The maximum absolute atomic E-state index is 13.1. The Hall–Kier alpha value is -2.14. The molecule has 1 amide bonds. The van der Waals surface area contributed by atoms with Crippen LogP contribution in [-0.4, -0.2) is 42.1 Å². The molecule has 4 rings (SSSR count). The van der Waals surface area contributed by atoms with Crippen molar-refractivity contribution in [2.24, 2.45) is 17.8 Å². The number of aryl methyl sites for hydroxylation is 1. The minimum Gasteiger partial charge on any atom is -0.361 e. The molecule has 1 N–H and O–H groups in total. The number of nitrogens with zero attached hydrogens (tertiary/aromatic N) is 2. The first kappa shape index (κ1) is 23.0. The smallest absolute Gasteiger partial charge is 0.222 e. The van der Waals surface area contributed by atoms with E-state index in [1.165, 1.54) is 5.56 Å². The molecule has 32 heavy (non-hydrogen) atoms. The second-order valence-corrected chi connectivity index (χ2v) is 9.82. The summed E-state index contributed by atoms with van der Waals surface area (Å²) in [6.07, 6.45) is 9.30. The summed E-state index contributed by atoms with van der Waals surface area (Å²) in [5.74, 6) is 2.93. The van der Waals surface area contributed by atoms with Gasteiger partial charge in [-0.2, -0.15) is 0 Å². The van der Waals surface area contributed by atoms with E-state index in [0.717, 1.165) is 89.0 Å². The Morgan fingerprint density at radius 1 is 1.12 bits per heavy atom. The quantitative estimate of drug-likeness (QED) is 0.620. The SMILES string of the molecule is CCCCc1cc(C[C@@H]2CNCC[C@H]2CC(=O)N2CCC(Cc3ccccc3)CC2)no1. The first-order valence-electron chi connectivity index (χ1n) is 12.7. The van der Waals surface area contributed by atoms with Crippen molar-refractivity contribution >= 4 is 5.91 Å². The third kappa shape index (κ3) is 6.44. The Balaban J connectivity index is 1.25. The van der Waals surface area contributed by atoms with Gasteiger partial charge in [0.15, 0.2) is 0 Å². The van der Waals surface area contributed by atoms with Gasteiger partial charge in [0, 0.05) is 32.0 Å². The molecule has 0 unspecified atom stereocenters. The summed E-state index contributed by atoms with van der Waals surface area (Å²) in [6.45, 7) is 5.99. The van der Waals surface area contributed by atoms with Crippen LogP contribution in [0, 0.1) is 17.8 Å². The van der Waals surface area contributed by atoms with Crippen LogP contribution in [0.3, 0.4) is 0 Å². The highest BCUT2D eigenvalue weighted by Gasteiger charge is 2.31. The van der Waals surface area contributed by atoms with E-state index >= 15 is 0 Å². The van der Waals surface area contributed by atoms with E-state index in [9.17, 15) is 4.79 Å². The number of benzene rings is 1. The van der Waals surface area contributed by atoms with Crippen LogP contribution in [-0.2, 0) is 24.1 Å². The number of likely N-dealkylation sites (tertiary alicyclic amines) is 1. The molecule has 174 valence electrons. The standard InChI is InChI=1S/C27H39N3O2/c1-2-3-9-26-19-25(29-32-26)17-24-20-28-13-10-23(24)18-27(31)30-14-11-22(12-15-30)16-21-7-5-4-6-8-21/h4-8,19,22-24,28H,2-3,9-18,20H2,1H3/t23-,24+/m0/s1. The van der Waals surface area contributed by atoms with Crippen LogP contribution >= 0.6 is 0 Å². The molecule has 0 saturated carbocycles. The van der Waals surface area contributed by atoms with Gasteiger partial charge in [-0.05, 0) is 74.9 Å². The predicted octanol–water partition coefficient (Wildman–Crippen LogP) is 4.66. The monoisotopic (exact) mass is 437 g/mol. The van der Waals surface area contributed by atoms with Gasteiger partial charge < -0.3 is 14.7 Å². The molecule has 1 aromatic heterocycles. The van der Waals surface area contributed by atoms with Crippen LogP contribution < -0.4 is 5.32 Å². The summed E-state index contributed by atoms with van der Waals surface area (Å²) >= 11 is 0. The molecule has 2 saturated heterocycles. The van der Waals surface area contributed by atoms with E-state index in [1.807, 2.05) is 0 Å². The van der Waals surface area contributed by atoms with E-state index in [2.05, 4.69) is 58.7 Å². The number of hydrogen-bond donors (Lipinski definition) is 1. The Morgan fingerprint density at radius 3 is 2.72 bits per heavy atom. The minimum absolute atomic E-state index is 0.351. The van der Waals surface area contributed by atoms with Gasteiger partial charge in [-0.15, -0.1) is 0 Å². The number of piperidine rings is 2. The van der Waals surface area contributed by atoms with Crippen molar-refractivity contribution in [2.75, 3.05) is 26.2 Å². The summed E-state index contributed by atoms with van der Waals surface area (Å²) in [5, 5.41) is 7.84. The number of amides is 1. The van der Waals surface area contributed by atoms with Gasteiger partial charge >= 0.3 is 0 Å². The molecule has 2 atom stereocenters. The van der Waals surface area contributed by atoms with E-state index < -0.39 is 0 Å². The fraction of sp³-hybridized carbons (Fsp3) is 0.630. The van der Waals surface area contributed by atoms with Gasteiger partial charge in [0.05, 0.1) is 5.69 Å². The summed E-state index contributed by atoms with van der Waals surface area (Å²) in [4.78, 5) is 15.2. The Kier molecular flexibility index (Phi) is 8.38. The first-order valence-corrected chi connectivity index (χ1v) is 12.7. The number of rotatable bonds is 9. The summed E-state index contributed by atoms with van der Waals surface area (Å²) < 4.78 is 5.53. The third-order valence-corrected chi connectivity index (χ3v) is 7.39. The molecule has 0 spiro atoms. The molecule has 2 aliphatic rings. The highest BCUT2D eigenvalue weighted by Crippen LogP contribution is 2.29. The van der Waals surface area contributed by atoms with Crippen molar-refractivity contribution in [3.8, 4) is 0 Å². The lowest BCUT2D eigenvalue weighted by atomic mass is 9.80. The van der Waals surface area contributed by atoms with Gasteiger partial charge in [0.2, 0.25) is 5.91 Å². The van der Waals surface area contributed by atoms with Gasteiger partial charge in [-0.1, -0.05) is 48.8 Å². The number of nitrogens with one attached hydrogen (secondary N) is 1. The van der Waals surface area contributed by atoms with Crippen LogP contribution in [0.1, 0.15) is 62.5 Å². The van der Waals surface area contributed by atoms with Crippen LogP contribution in [0.15, 0.2) is 40.9 Å². The molecule has 5 heteroatoms. The minimum atomic E-state index is 0.351. The first-order chi connectivity index (χ1) is 15.7. The fourth-order valence-corrected chi connectivity index (χ4v) is 5.36. The van der Waals surface area contributed by atoms with Crippen molar-refractivity contribution < 1.29 is 9.32 Å². The van der Waals surface area contributed by atoms with E-state index in [4.69, 9.17) is 4.52 Å². The van der Waals surface area contributed by atoms with Crippen LogP contribution in [0.4, 0.5) is 0 Å². The Labute approximate surface area is 192 Å². The molecule has 3 heterocycles. The van der Waals surface area contributed by atoms with Crippen LogP contribution in [0.25, 0.3) is 0 Å². The molecular weight excluding hydrogens is 398 g/mol. The lowest BCUT2D eigenvalue weighted by Crippen LogP contribution is -2.43. The predicted molar refractivity (Wildman–Crippen MR) is 127 cm³/mol. The van der Waals surface area contributed by atoms with E-state index in [-0.39, 0.29) is 0 Å².